The van der Waals surface area contributed by atoms with E-state index >= 15 is 0 Å². The highest BCUT2D eigenvalue weighted by Gasteiger charge is 2.46. The maximum atomic E-state index is 11.6. The summed E-state index contributed by atoms with van der Waals surface area (Å²) in [6, 6.07) is 0. The fourth-order valence-corrected chi connectivity index (χ4v) is 2.22. The minimum atomic E-state index is -0.555. The van der Waals surface area contributed by atoms with E-state index in [0.717, 1.165) is 0 Å². The largest absolute Gasteiger partial charge is 0.466 e. The molecular formula is C11H13ClO5. The number of ether oxygens (including phenoxy) is 3. The molecular weight excluding hydrogens is 248 g/mol. The van der Waals surface area contributed by atoms with Gasteiger partial charge in [-0.15, -0.1) is 11.6 Å². The van der Waals surface area contributed by atoms with Crippen molar-refractivity contribution in [2.75, 3.05) is 19.6 Å². The highest BCUT2D eigenvalue weighted by atomic mass is 35.5. The summed E-state index contributed by atoms with van der Waals surface area (Å²) in [6.07, 6.45) is 1.26. The van der Waals surface area contributed by atoms with Gasteiger partial charge in [0, 0.05) is 12.3 Å². The molecule has 0 amide bonds. The minimum absolute atomic E-state index is 0.256. The summed E-state index contributed by atoms with van der Waals surface area (Å²) in [4.78, 5) is 23.0. The molecule has 0 radical (unpaired) electrons. The van der Waals surface area contributed by atoms with E-state index in [1.165, 1.54) is 7.11 Å². The van der Waals surface area contributed by atoms with E-state index in [9.17, 15) is 9.59 Å². The zero-order valence-corrected chi connectivity index (χ0v) is 10.1. The Bertz CT molecular complexity index is 365. The molecule has 0 unspecified atom stereocenters. The summed E-state index contributed by atoms with van der Waals surface area (Å²) in [5, 5.41) is 0. The minimum Gasteiger partial charge on any atom is -0.466 e. The molecule has 2 bridgehead atoms. The van der Waals surface area contributed by atoms with Gasteiger partial charge in [0.25, 0.3) is 0 Å². The van der Waals surface area contributed by atoms with E-state index in [2.05, 4.69) is 4.74 Å². The molecule has 94 valence electrons. The van der Waals surface area contributed by atoms with Gasteiger partial charge in [0.1, 0.15) is 12.0 Å². The average Bonchev–Trinajstić information content (AvgIpc) is 2.35. The van der Waals surface area contributed by atoms with Gasteiger partial charge in [-0.1, -0.05) is 6.08 Å². The lowest BCUT2D eigenvalue weighted by molar-refractivity contribution is -0.171. The lowest BCUT2D eigenvalue weighted by Crippen LogP contribution is -2.48. The Morgan fingerprint density at radius 2 is 2.41 bits per heavy atom. The molecule has 17 heavy (non-hydrogen) atoms. The molecule has 0 N–H and O–H groups in total. The van der Waals surface area contributed by atoms with Crippen LogP contribution in [0.1, 0.15) is 6.42 Å². The van der Waals surface area contributed by atoms with Crippen LogP contribution in [-0.2, 0) is 23.8 Å². The molecule has 6 heteroatoms. The topological polar surface area (TPSA) is 61.8 Å². The Morgan fingerprint density at radius 1 is 1.65 bits per heavy atom. The van der Waals surface area contributed by atoms with E-state index in [4.69, 9.17) is 21.1 Å². The molecule has 0 aromatic rings. The lowest BCUT2D eigenvalue weighted by Gasteiger charge is -2.38. The van der Waals surface area contributed by atoms with E-state index in [1.807, 2.05) is 0 Å². The highest BCUT2D eigenvalue weighted by Crippen LogP contribution is 2.35. The van der Waals surface area contributed by atoms with E-state index in [-0.39, 0.29) is 12.1 Å². The predicted octanol–water partition coefficient (Wildman–Crippen LogP) is 0.655. The Kier molecular flexibility index (Phi) is 3.69. The van der Waals surface area contributed by atoms with E-state index in [0.29, 0.717) is 24.5 Å². The number of hydrogen-bond donors (Lipinski definition) is 0. The van der Waals surface area contributed by atoms with Crippen LogP contribution in [0.2, 0.25) is 0 Å². The van der Waals surface area contributed by atoms with Crippen LogP contribution in [0.4, 0.5) is 0 Å². The van der Waals surface area contributed by atoms with Crippen LogP contribution >= 0.6 is 11.6 Å². The van der Waals surface area contributed by atoms with E-state index < -0.39 is 18.0 Å². The first kappa shape index (κ1) is 12.4. The molecule has 5 nitrogen and oxygen atoms in total. The second-order valence-corrected chi connectivity index (χ2v) is 4.28. The van der Waals surface area contributed by atoms with Crippen LogP contribution in [-0.4, -0.2) is 43.7 Å². The molecule has 1 aliphatic carbocycles. The maximum Gasteiger partial charge on any atom is 0.337 e. The van der Waals surface area contributed by atoms with Crippen molar-refractivity contribution in [3.8, 4) is 0 Å². The smallest absolute Gasteiger partial charge is 0.337 e. The molecule has 0 aromatic heterocycles. The Balaban J connectivity index is 2.14. The number of esters is 2. The Morgan fingerprint density at radius 3 is 3.00 bits per heavy atom. The van der Waals surface area contributed by atoms with Gasteiger partial charge in [0.15, 0.2) is 0 Å². The molecule has 1 fully saturated rings. The fourth-order valence-electron chi connectivity index (χ4n) is 2.13. The quantitative estimate of drug-likeness (QED) is 0.549. The zero-order valence-electron chi connectivity index (χ0n) is 9.35. The monoisotopic (exact) mass is 260 g/mol. The van der Waals surface area contributed by atoms with Crippen molar-refractivity contribution in [1.29, 1.82) is 0 Å². The highest BCUT2D eigenvalue weighted by molar-refractivity contribution is 6.17. The van der Waals surface area contributed by atoms with Crippen molar-refractivity contribution >= 4 is 23.5 Å². The molecule has 2 heterocycles. The third-order valence-electron chi connectivity index (χ3n) is 2.91. The SMILES string of the molecule is COC(=O)C1=C[C@@H]2C(=O)O[C@H]1C[C@H]2OCCCl. The molecule has 3 aliphatic rings. The average molecular weight is 261 g/mol. The third-order valence-corrected chi connectivity index (χ3v) is 3.07. The zero-order chi connectivity index (χ0) is 12.4. The number of fused-ring (bicyclic) bond motifs is 2. The van der Waals surface area contributed by atoms with Gasteiger partial charge >= 0.3 is 11.9 Å². The van der Waals surface area contributed by atoms with Gasteiger partial charge in [-0.2, -0.15) is 0 Å². The number of methoxy groups -OCH3 is 1. The van der Waals surface area contributed by atoms with Crippen LogP contribution in [0, 0.1) is 5.92 Å². The Labute approximate surface area is 104 Å². The number of rotatable bonds is 4. The van der Waals surface area contributed by atoms with Gasteiger partial charge in [-0.25, -0.2) is 4.79 Å². The van der Waals surface area contributed by atoms with Gasteiger partial charge < -0.3 is 14.2 Å². The molecule has 3 atom stereocenters. The molecule has 3 rings (SSSR count). The summed E-state index contributed by atoms with van der Waals surface area (Å²) in [6.45, 7) is 0.379. The van der Waals surface area contributed by atoms with Gasteiger partial charge in [-0.05, 0) is 0 Å². The van der Waals surface area contributed by atoms with Crippen LogP contribution in [0.3, 0.4) is 0 Å². The van der Waals surface area contributed by atoms with Crippen LogP contribution in [0.15, 0.2) is 11.6 Å². The van der Waals surface area contributed by atoms with Crippen molar-refractivity contribution in [3.05, 3.63) is 11.6 Å². The maximum absolute atomic E-state index is 11.6. The number of carbonyl (C=O) groups excluding carboxylic acids is 2. The standard InChI is InChI=1S/C11H13ClO5/c1-15-10(13)7-4-6-8(16-3-2-12)5-9(7)17-11(6)14/h4,6,8-9H,2-3,5H2,1H3/t6-,8+,9-/m0/s1. The van der Waals surface area contributed by atoms with E-state index in [1.54, 1.807) is 6.08 Å². The summed E-state index contributed by atoms with van der Waals surface area (Å²) < 4.78 is 15.2. The molecule has 0 spiro atoms. The second-order valence-electron chi connectivity index (χ2n) is 3.90. The van der Waals surface area contributed by atoms with Gasteiger partial charge in [0.2, 0.25) is 0 Å². The molecule has 1 saturated heterocycles. The van der Waals surface area contributed by atoms with Crippen LogP contribution in [0.5, 0.6) is 0 Å². The van der Waals surface area contributed by atoms with Gasteiger partial charge in [-0.3, -0.25) is 4.79 Å². The summed E-state index contributed by atoms with van der Waals surface area (Å²) in [5.74, 6) is -0.967. The van der Waals surface area contributed by atoms with Crippen LogP contribution < -0.4 is 0 Å². The molecule has 0 aromatic carbocycles. The first-order chi connectivity index (χ1) is 8.17. The summed E-state index contributed by atoms with van der Waals surface area (Å²) >= 11 is 5.53. The fraction of sp³-hybridized carbons (Fsp3) is 0.636. The number of alkyl halides is 1. The van der Waals surface area contributed by atoms with Crippen molar-refractivity contribution < 1.29 is 23.8 Å². The molecule has 0 saturated carbocycles. The third kappa shape index (κ3) is 2.30. The van der Waals surface area contributed by atoms with Crippen molar-refractivity contribution in [2.45, 2.75) is 18.6 Å². The summed E-state index contributed by atoms with van der Waals surface area (Å²) in [7, 11) is 1.30. The first-order valence-electron chi connectivity index (χ1n) is 5.35. The first-order valence-corrected chi connectivity index (χ1v) is 5.89. The number of hydrogen-bond acceptors (Lipinski definition) is 5. The van der Waals surface area contributed by atoms with Crippen LogP contribution in [0.25, 0.3) is 0 Å². The Hall–Kier alpha value is -1.07. The molecule has 2 aliphatic heterocycles. The van der Waals surface area contributed by atoms with Crippen molar-refractivity contribution in [3.63, 3.8) is 0 Å². The number of carbonyl (C=O) groups is 2. The summed E-state index contributed by atoms with van der Waals surface area (Å²) in [5.41, 5.74) is 0.405. The normalized spacial score (nSPS) is 30.8. The number of halogens is 1. The lowest BCUT2D eigenvalue weighted by atomic mass is 9.82. The van der Waals surface area contributed by atoms with Gasteiger partial charge in [0.05, 0.1) is 25.4 Å². The van der Waals surface area contributed by atoms with Crippen molar-refractivity contribution in [1.82, 2.24) is 0 Å². The van der Waals surface area contributed by atoms with Crippen molar-refractivity contribution in [2.24, 2.45) is 5.92 Å². The second kappa shape index (κ2) is 5.06. The predicted molar refractivity (Wildman–Crippen MR) is 58.5 cm³/mol.